The Hall–Kier alpha value is -3.25. The highest BCUT2D eigenvalue weighted by Crippen LogP contribution is 2.16. The van der Waals surface area contributed by atoms with Crippen LogP contribution >= 0.6 is 0 Å². The highest BCUT2D eigenvalue weighted by molar-refractivity contribution is 5.70. The first-order valence-corrected chi connectivity index (χ1v) is 11.8. The number of carbonyl (C=O) groups is 1. The molecule has 0 atom stereocenters. The Morgan fingerprint density at radius 2 is 1.67 bits per heavy atom. The molecule has 1 saturated heterocycles. The normalized spacial score (nSPS) is 14.3. The number of hydrogen-bond donors (Lipinski definition) is 0. The van der Waals surface area contributed by atoms with Crippen LogP contribution in [0.5, 0.6) is 5.75 Å². The number of ether oxygens (including phenoxy) is 1. The molecule has 2 aromatic heterocycles. The van der Waals surface area contributed by atoms with E-state index >= 15 is 0 Å². The monoisotopic (exact) mass is 444 g/mol. The number of piperazine rings is 1. The second-order valence-electron chi connectivity index (χ2n) is 8.53. The number of rotatable bonds is 8. The Bertz CT molecular complexity index is 1020. The topological polar surface area (TPSA) is 58.6 Å². The van der Waals surface area contributed by atoms with E-state index in [0.717, 1.165) is 56.7 Å². The summed E-state index contributed by atoms with van der Waals surface area (Å²) < 4.78 is 5.61. The molecule has 1 aliphatic heterocycles. The summed E-state index contributed by atoms with van der Waals surface area (Å²) in [7, 11) is 0. The number of benzene rings is 1. The van der Waals surface area contributed by atoms with Crippen molar-refractivity contribution in [3.63, 3.8) is 0 Å². The third kappa shape index (κ3) is 6.86. The molecule has 6 heteroatoms. The van der Waals surface area contributed by atoms with Crippen molar-refractivity contribution in [1.29, 1.82) is 0 Å². The lowest BCUT2D eigenvalue weighted by Crippen LogP contribution is -2.49. The molecule has 4 rings (SSSR count). The van der Waals surface area contributed by atoms with E-state index in [2.05, 4.69) is 33.9 Å². The first-order valence-electron chi connectivity index (χ1n) is 11.8. The third-order valence-electron chi connectivity index (χ3n) is 6.16. The summed E-state index contributed by atoms with van der Waals surface area (Å²) in [6.45, 7) is 6.27. The molecule has 0 saturated carbocycles. The highest BCUT2D eigenvalue weighted by atomic mass is 16.6. The van der Waals surface area contributed by atoms with Gasteiger partial charge in [-0.05, 0) is 80.6 Å². The van der Waals surface area contributed by atoms with Gasteiger partial charge in [0.15, 0.2) is 0 Å². The van der Waals surface area contributed by atoms with Gasteiger partial charge in [-0.3, -0.25) is 14.9 Å². The number of aromatic nitrogens is 2. The largest absolute Gasteiger partial charge is 0.415 e. The number of amides is 1. The van der Waals surface area contributed by atoms with Gasteiger partial charge in [-0.25, -0.2) is 4.79 Å². The maximum Gasteiger partial charge on any atom is 0.415 e. The lowest BCUT2D eigenvalue weighted by Gasteiger charge is -2.34. The van der Waals surface area contributed by atoms with Crippen LogP contribution in [-0.4, -0.2) is 58.6 Å². The summed E-state index contributed by atoms with van der Waals surface area (Å²) in [6, 6.07) is 17.9. The average molecular weight is 445 g/mol. The third-order valence-corrected chi connectivity index (χ3v) is 6.16. The minimum Gasteiger partial charge on any atom is -0.410 e. The van der Waals surface area contributed by atoms with Crippen molar-refractivity contribution in [2.45, 2.75) is 32.6 Å². The van der Waals surface area contributed by atoms with E-state index in [9.17, 15) is 4.79 Å². The molecule has 0 N–H and O–H groups in total. The van der Waals surface area contributed by atoms with Crippen molar-refractivity contribution >= 4 is 6.09 Å². The maximum atomic E-state index is 12.6. The number of hydrogen-bond acceptors (Lipinski definition) is 5. The minimum atomic E-state index is -0.264. The van der Waals surface area contributed by atoms with Gasteiger partial charge in [0, 0.05) is 50.0 Å². The zero-order chi connectivity index (χ0) is 22.9. The Kier molecular flexibility index (Phi) is 8.04. The predicted molar refractivity (Wildman–Crippen MR) is 129 cm³/mol. The van der Waals surface area contributed by atoms with Crippen molar-refractivity contribution < 1.29 is 9.53 Å². The molecule has 0 unspecified atom stereocenters. The van der Waals surface area contributed by atoms with Crippen LogP contribution in [0, 0.1) is 6.92 Å². The van der Waals surface area contributed by atoms with Gasteiger partial charge in [0.05, 0.1) is 0 Å². The van der Waals surface area contributed by atoms with Gasteiger partial charge in [0.25, 0.3) is 0 Å². The van der Waals surface area contributed by atoms with Gasteiger partial charge in [-0.15, -0.1) is 0 Å². The van der Waals surface area contributed by atoms with Crippen LogP contribution in [0.3, 0.4) is 0 Å². The SMILES string of the molecule is Cc1cccnc1CCc1ccc(OC(=O)N2CCN(CCCc3ccccn3)CC2)cc1. The second kappa shape index (κ2) is 11.6. The fourth-order valence-electron chi connectivity index (χ4n) is 4.12. The van der Waals surface area contributed by atoms with Crippen molar-refractivity contribution in [3.05, 3.63) is 89.5 Å². The van der Waals surface area contributed by atoms with E-state index in [1.807, 2.05) is 54.9 Å². The Morgan fingerprint density at radius 3 is 2.39 bits per heavy atom. The molecule has 0 bridgehead atoms. The van der Waals surface area contributed by atoms with Crippen LogP contribution in [0.15, 0.2) is 67.0 Å². The summed E-state index contributed by atoms with van der Waals surface area (Å²) in [5.41, 5.74) is 4.69. The van der Waals surface area contributed by atoms with Crippen LogP contribution in [0.4, 0.5) is 4.79 Å². The van der Waals surface area contributed by atoms with Crippen LogP contribution in [0.1, 0.15) is 28.9 Å². The molecule has 3 aromatic rings. The fraction of sp³-hybridized carbons (Fsp3) is 0.370. The summed E-state index contributed by atoms with van der Waals surface area (Å²) in [6.07, 6.45) is 7.30. The lowest BCUT2D eigenvalue weighted by atomic mass is 10.1. The number of carbonyl (C=O) groups excluding carboxylic acids is 1. The molecule has 3 heterocycles. The molecule has 0 radical (unpaired) electrons. The fourth-order valence-corrected chi connectivity index (χ4v) is 4.12. The Balaban J connectivity index is 1.17. The van der Waals surface area contributed by atoms with Crippen molar-refractivity contribution in [1.82, 2.24) is 19.8 Å². The molecule has 33 heavy (non-hydrogen) atoms. The standard InChI is InChI=1S/C27H32N4O2/c1-22-6-4-16-29-26(22)14-11-23-9-12-25(13-10-23)33-27(32)31-20-18-30(19-21-31)17-5-8-24-7-2-3-15-28-24/h2-4,6-7,9-10,12-13,15-16H,5,8,11,14,17-21H2,1H3. The van der Waals surface area contributed by atoms with Gasteiger partial charge < -0.3 is 9.64 Å². The van der Waals surface area contributed by atoms with E-state index in [1.165, 1.54) is 11.1 Å². The quantitative estimate of drug-likeness (QED) is 0.518. The van der Waals surface area contributed by atoms with Gasteiger partial charge in [-0.1, -0.05) is 24.3 Å². The maximum absolute atomic E-state index is 12.6. The molecule has 0 aliphatic carbocycles. The van der Waals surface area contributed by atoms with Gasteiger partial charge in [-0.2, -0.15) is 0 Å². The van der Waals surface area contributed by atoms with Crippen molar-refractivity contribution in [3.8, 4) is 5.75 Å². The first kappa shape index (κ1) is 22.9. The van der Waals surface area contributed by atoms with E-state index in [1.54, 1.807) is 4.90 Å². The van der Waals surface area contributed by atoms with Crippen molar-refractivity contribution in [2.24, 2.45) is 0 Å². The van der Waals surface area contributed by atoms with Crippen LogP contribution in [-0.2, 0) is 19.3 Å². The van der Waals surface area contributed by atoms with Gasteiger partial charge in [0.2, 0.25) is 0 Å². The molecule has 1 amide bonds. The lowest BCUT2D eigenvalue weighted by molar-refractivity contribution is 0.110. The summed E-state index contributed by atoms with van der Waals surface area (Å²) in [4.78, 5) is 25.6. The van der Waals surface area contributed by atoms with Crippen LogP contribution in [0.2, 0.25) is 0 Å². The summed E-state index contributed by atoms with van der Waals surface area (Å²) in [5, 5.41) is 0. The van der Waals surface area contributed by atoms with E-state index in [-0.39, 0.29) is 6.09 Å². The molecule has 0 spiro atoms. The van der Waals surface area contributed by atoms with Crippen LogP contribution < -0.4 is 4.74 Å². The number of nitrogens with zero attached hydrogens (tertiary/aromatic N) is 4. The molecule has 1 aliphatic rings. The average Bonchev–Trinajstić information content (AvgIpc) is 2.85. The summed E-state index contributed by atoms with van der Waals surface area (Å²) >= 11 is 0. The van der Waals surface area contributed by atoms with E-state index in [4.69, 9.17) is 4.74 Å². The van der Waals surface area contributed by atoms with E-state index in [0.29, 0.717) is 18.8 Å². The Morgan fingerprint density at radius 1 is 0.879 bits per heavy atom. The molecular formula is C27H32N4O2. The number of aryl methyl sites for hydroxylation is 4. The van der Waals surface area contributed by atoms with Gasteiger partial charge >= 0.3 is 6.09 Å². The zero-order valence-electron chi connectivity index (χ0n) is 19.3. The van der Waals surface area contributed by atoms with Crippen LogP contribution in [0.25, 0.3) is 0 Å². The van der Waals surface area contributed by atoms with E-state index < -0.39 is 0 Å². The molecule has 1 aromatic carbocycles. The molecule has 172 valence electrons. The minimum absolute atomic E-state index is 0.264. The van der Waals surface area contributed by atoms with Crippen molar-refractivity contribution in [2.75, 3.05) is 32.7 Å². The smallest absolute Gasteiger partial charge is 0.410 e. The van der Waals surface area contributed by atoms with Gasteiger partial charge in [0.1, 0.15) is 5.75 Å². The Labute approximate surface area is 196 Å². The second-order valence-corrected chi connectivity index (χ2v) is 8.53. The molecular weight excluding hydrogens is 412 g/mol. The molecule has 1 fully saturated rings. The first-order chi connectivity index (χ1) is 16.2. The predicted octanol–water partition coefficient (Wildman–Crippen LogP) is 4.32. The highest BCUT2D eigenvalue weighted by Gasteiger charge is 2.22. The molecule has 6 nitrogen and oxygen atoms in total. The zero-order valence-corrected chi connectivity index (χ0v) is 19.3. The number of pyridine rings is 2. The summed E-state index contributed by atoms with van der Waals surface area (Å²) in [5.74, 6) is 0.593.